The average Bonchev–Trinajstić information content (AvgIpc) is 2.65. The number of hydrogen-bond acceptors (Lipinski definition) is 6. The molecule has 2 heterocycles. The molecule has 0 atom stereocenters. The van der Waals surface area contributed by atoms with Crippen molar-refractivity contribution in [1.82, 2.24) is 15.0 Å². The van der Waals surface area contributed by atoms with E-state index in [2.05, 4.69) is 30.3 Å². The molecule has 0 aliphatic carbocycles. The number of carbonyl (C=O) groups is 1. The van der Waals surface area contributed by atoms with E-state index in [0.717, 1.165) is 12.1 Å². The Morgan fingerprint density at radius 3 is 2.50 bits per heavy atom. The predicted molar refractivity (Wildman–Crippen MR) is 102 cm³/mol. The van der Waals surface area contributed by atoms with Gasteiger partial charge in [-0.3, -0.25) is 0 Å². The monoisotopic (exact) mass is 439 g/mol. The zero-order valence-corrected chi connectivity index (χ0v) is 16.0. The molecule has 0 unspecified atom stereocenters. The molecule has 0 aliphatic rings. The van der Waals surface area contributed by atoms with Crippen LogP contribution in [0.2, 0.25) is 5.15 Å². The molecular weight excluding hydrogens is 427 g/mol. The molecule has 0 fully saturated rings. The molecule has 156 valence electrons. The predicted octanol–water partition coefficient (Wildman–Crippen LogP) is 5.17. The van der Waals surface area contributed by atoms with E-state index in [-0.39, 0.29) is 22.5 Å². The van der Waals surface area contributed by atoms with Crippen molar-refractivity contribution in [2.75, 3.05) is 10.6 Å². The summed E-state index contributed by atoms with van der Waals surface area (Å²) in [5.41, 5.74) is 0.562. The molecule has 0 aliphatic heterocycles. The van der Waals surface area contributed by atoms with Crippen molar-refractivity contribution in [3.05, 3.63) is 59.8 Å². The van der Waals surface area contributed by atoms with Crippen LogP contribution in [0.4, 0.5) is 29.3 Å². The second-order valence-electron chi connectivity index (χ2n) is 5.71. The third-order valence-corrected chi connectivity index (χ3v) is 3.65. The van der Waals surface area contributed by atoms with Gasteiger partial charge in [-0.15, -0.1) is 13.2 Å². The number of aromatic nitrogens is 3. The van der Waals surface area contributed by atoms with Crippen LogP contribution in [0.3, 0.4) is 0 Å². The van der Waals surface area contributed by atoms with Gasteiger partial charge in [-0.25, -0.2) is 19.7 Å². The van der Waals surface area contributed by atoms with E-state index in [0.29, 0.717) is 11.5 Å². The number of ether oxygens (including phenoxy) is 2. The molecule has 3 aromatic rings. The van der Waals surface area contributed by atoms with E-state index in [1.807, 2.05) is 0 Å². The molecule has 0 bridgehead atoms. The molecule has 1 aromatic carbocycles. The molecule has 2 amide bonds. The van der Waals surface area contributed by atoms with Crippen molar-refractivity contribution in [1.29, 1.82) is 0 Å². The molecule has 2 N–H and O–H groups in total. The third kappa shape index (κ3) is 6.21. The molecule has 12 heteroatoms. The Morgan fingerprint density at radius 1 is 1.07 bits per heavy atom. The van der Waals surface area contributed by atoms with Crippen LogP contribution in [0.5, 0.6) is 17.4 Å². The number of nitrogens with one attached hydrogen (secondary N) is 2. The van der Waals surface area contributed by atoms with E-state index in [1.54, 1.807) is 6.92 Å². The van der Waals surface area contributed by atoms with Crippen LogP contribution in [-0.4, -0.2) is 27.3 Å². The Kier molecular flexibility index (Phi) is 6.21. The summed E-state index contributed by atoms with van der Waals surface area (Å²) in [6.45, 7) is 1.66. The number of rotatable bonds is 5. The fourth-order valence-corrected chi connectivity index (χ4v) is 2.40. The minimum absolute atomic E-state index is 0.0938. The molecule has 30 heavy (non-hydrogen) atoms. The lowest BCUT2D eigenvalue weighted by molar-refractivity contribution is -0.274. The van der Waals surface area contributed by atoms with Gasteiger partial charge in [0.05, 0.1) is 23.8 Å². The van der Waals surface area contributed by atoms with Crippen LogP contribution >= 0.6 is 11.6 Å². The number of alkyl halides is 3. The van der Waals surface area contributed by atoms with Crippen LogP contribution in [0.15, 0.2) is 48.8 Å². The van der Waals surface area contributed by atoms with Crippen molar-refractivity contribution >= 4 is 29.0 Å². The number of aryl methyl sites for hydroxylation is 1. The highest BCUT2D eigenvalue weighted by Gasteiger charge is 2.31. The number of hydrogen-bond donors (Lipinski definition) is 2. The lowest BCUT2D eigenvalue weighted by Gasteiger charge is -2.11. The highest BCUT2D eigenvalue weighted by molar-refractivity contribution is 6.32. The average molecular weight is 440 g/mol. The Hall–Kier alpha value is -3.60. The van der Waals surface area contributed by atoms with Gasteiger partial charge < -0.3 is 20.1 Å². The van der Waals surface area contributed by atoms with Gasteiger partial charge in [0, 0.05) is 12.1 Å². The second kappa shape index (κ2) is 8.82. The van der Waals surface area contributed by atoms with Crippen LogP contribution < -0.4 is 20.1 Å². The normalized spacial score (nSPS) is 11.0. The van der Waals surface area contributed by atoms with E-state index in [9.17, 15) is 18.0 Å². The smallest absolute Gasteiger partial charge is 0.439 e. The number of nitrogens with zero attached hydrogens (tertiary/aromatic N) is 3. The first kappa shape index (κ1) is 21.1. The Labute approximate surface area is 173 Å². The van der Waals surface area contributed by atoms with Gasteiger partial charge in [0.15, 0.2) is 5.15 Å². The molecule has 8 nitrogen and oxygen atoms in total. The Bertz CT molecular complexity index is 1050. The highest BCUT2D eigenvalue weighted by atomic mass is 35.5. The van der Waals surface area contributed by atoms with E-state index < -0.39 is 18.1 Å². The number of amides is 2. The topological polar surface area (TPSA) is 98.3 Å². The summed E-state index contributed by atoms with van der Waals surface area (Å²) >= 11 is 5.93. The largest absolute Gasteiger partial charge is 0.573 e. The zero-order chi connectivity index (χ0) is 21.7. The highest BCUT2D eigenvalue weighted by Crippen LogP contribution is 2.28. The molecule has 0 saturated carbocycles. The van der Waals surface area contributed by atoms with Gasteiger partial charge in [0.1, 0.15) is 17.3 Å². The summed E-state index contributed by atoms with van der Waals surface area (Å²) in [7, 11) is 0. The van der Waals surface area contributed by atoms with Gasteiger partial charge in [-0.1, -0.05) is 17.7 Å². The first-order valence-electron chi connectivity index (χ1n) is 8.25. The summed E-state index contributed by atoms with van der Waals surface area (Å²) in [5, 5.41) is 5.12. The van der Waals surface area contributed by atoms with Crippen molar-refractivity contribution in [3.8, 4) is 17.4 Å². The maximum absolute atomic E-state index is 12.3. The minimum Gasteiger partial charge on any atom is -0.439 e. The quantitative estimate of drug-likeness (QED) is 0.532. The van der Waals surface area contributed by atoms with Gasteiger partial charge in [0.2, 0.25) is 5.88 Å². The standard InChI is InChI=1S/C18H13ClF3N5O3/c1-10-23-9-14(16(19)25-10)27-17(28)26-11-5-6-15(24-8-11)29-12-3-2-4-13(7-12)30-18(20,21)22/h2-9H,1H3,(H2,26,27,28). The summed E-state index contributed by atoms with van der Waals surface area (Å²) in [6, 6.07) is 7.32. The van der Waals surface area contributed by atoms with E-state index >= 15 is 0 Å². The first-order chi connectivity index (χ1) is 14.2. The van der Waals surface area contributed by atoms with Gasteiger partial charge in [0.25, 0.3) is 0 Å². The van der Waals surface area contributed by atoms with Crippen molar-refractivity contribution in [2.24, 2.45) is 0 Å². The molecule has 2 aromatic heterocycles. The van der Waals surface area contributed by atoms with Crippen molar-refractivity contribution < 1.29 is 27.4 Å². The number of anilines is 2. The second-order valence-corrected chi connectivity index (χ2v) is 6.07. The minimum atomic E-state index is -4.81. The molecule has 0 radical (unpaired) electrons. The molecule has 0 spiro atoms. The summed E-state index contributed by atoms with van der Waals surface area (Å²) in [4.78, 5) is 23.9. The summed E-state index contributed by atoms with van der Waals surface area (Å²) in [6.07, 6.45) is -2.13. The lowest BCUT2D eigenvalue weighted by atomic mass is 10.3. The van der Waals surface area contributed by atoms with Crippen LogP contribution in [-0.2, 0) is 0 Å². The number of halogens is 4. The number of urea groups is 1. The van der Waals surface area contributed by atoms with E-state index in [1.165, 1.54) is 36.7 Å². The first-order valence-corrected chi connectivity index (χ1v) is 8.62. The molecule has 3 rings (SSSR count). The van der Waals surface area contributed by atoms with Crippen LogP contribution in [0.1, 0.15) is 5.82 Å². The van der Waals surface area contributed by atoms with Gasteiger partial charge in [-0.05, 0) is 25.1 Å². The summed E-state index contributed by atoms with van der Waals surface area (Å²) < 4.78 is 46.1. The van der Waals surface area contributed by atoms with Gasteiger partial charge in [-0.2, -0.15) is 0 Å². The lowest BCUT2D eigenvalue weighted by Crippen LogP contribution is -2.20. The zero-order valence-electron chi connectivity index (χ0n) is 15.2. The van der Waals surface area contributed by atoms with E-state index in [4.69, 9.17) is 16.3 Å². The SMILES string of the molecule is Cc1ncc(NC(=O)Nc2ccc(Oc3cccc(OC(F)(F)F)c3)nc2)c(Cl)n1. The number of pyridine rings is 1. The Balaban J connectivity index is 1.60. The van der Waals surface area contributed by atoms with Crippen LogP contribution in [0.25, 0.3) is 0 Å². The third-order valence-electron chi connectivity index (χ3n) is 3.37. The summed E-state index contributed by atoms with van der Waals surface area (Å²) in [5.74, 6) is 0.228. The number of benzene rings is 1. The number of carbonyl (C=O) groups excluding carboxylic acids is 1. The maximum Gasteiger partial charge on any atom is 0.573 e. The van der Waals surface area contributed by atoms with Crippen molar-refractivity contribution in [3.63, 3.8) is 0 Å². The maximum atomic E-state index is 12.3. The van der Waals surface area contributed by atoms with Gasteiger partial charge >= 0.3 is 12.4 Å². The Morgan fingerprint density at radius 2 is 1.83 bits per heavy atom. The fourth-order valence-electron chi connectivity index (χ4n) is 2.18. The van der Waals surface area contributed by atoms with Crippen molar-refractivity contribution in [2.45, 2.75) is 13.3 Å². The molecular formula is C18H13ClF3N5O3. The fraction of sp³-hybridized carbons (Fsp3) is 0.111. The van der Waals surface area contributed by atoms with Crippen LogP contribution in [0, 0.1) is 6.92 Å². The molecule has 0 saturated heterocycles.